The molecule has 0 bridgehead atoms. The summed E-state index contributed by atoms with van der Waals surface area (Å²) in [6, 6.07) is 5.48. The summed E-state index contributed by atoms with van der Waals surface area (Å²) in [6.45, 7) is 4.16. The summed E-state index contributed by atoms with van der Waals surface area (Å²) < 4.78 is 11.0. The predicted molar refractivity (Wildman–Crippen MR) is 127 cm³/mol. The second-order valence-corrected chi connectivity index (χ2v) is 9.69. The first-order valence-electron chi connectivity index (χ1n) is 11.1. The molecule has 1 unspecified atom stereocenters. The number of methoxy groups -OCH3 is 1. The van der Waals surface area contributed by atoms with E-state index in [4.69, 9.17) is 9.47 Å². The van der Waals surface area contributed by atoms with Crippen molar-refractivity contribution in [1.82, 2.24) is 5.32 Å². The summed E-state index contributed by atoms with van der Waals surface area (Å²) in [5.41, 5.74) is 1.31. The molecule has 1 atom stereocenters. The van der Waals surface area contributed by atoms with Crippen LogP contribution in [0, 0.1) is 6.92 Å². The van der Waals surface area contributed by atoms with Gasteiger partial charge >= 0.3 is 0 Å². The first kappa shape index (κ1) is 23.3. The van der Waals surface area contributed by atoms with Gasteiger partial charge in [0.25, 0.3) is 23.3 Å². The summed E-state index contributed by atoms with van der Waals surface area (Å²) in [5.74, 6) is -0.857. The molecule has 1 aromatic carbocycles. The second kappa shape index (κ2) is 9.15. The Hall–Kier alpha value is -2.91. The molecule has 9 heteroatoms. The topological polar surface area (TPSA) is 97.0 Å². The maximum absolute atomic E-state index is 13.4. The van der Waals surface area contributed by atoms with Gasteiger partial charge in [0.05, 0.1) is 17.9 Å². The number of aryl methyl sites for hydroxylation is 2. The third kappa shape index (κ3) is 4.22. The summed E-state index contributed by atoms with van der Waals surface area (Å²) in [7, 11) is 3.20. The lowest BCUT2D eigenvalue weighted by atomic mass is 9.95. The van der Waals surface area contributed by atoms with Gasteiger partial charge in [-0.3, -0.25) is 14.4 Å². The van der Waals surface area contributed by atoms with Crippen LogP contribution < -0.4 is 20.3 Å². The quantitative estimate of drug-likeness (QED) is 0.499. The number of carbonyl (C=O) groups is 3. The van der Waals surface area contributed by atoms with Crippen molar-refractivity contribution in [3.8, 4) is 5.75 Å². The standard InChI is InChI=1S/C24H29N3O5S/c1-14-9-10-17-16(13-14)27(3)23(30)24(2,32-17)22(29)26-21-19(20(28)25-11-12-31-4)15-7-5-6-8-18(15)33-21/h9-10,13H,5-8,11-12H2,1-4H3,(H,25,28)(H,26,29). The molecule has 1 aromatic heterocycles. The molecule has 4 rings (SSSR count). The van der Waals surface area contributed by atoms with E-state index in [2.05, 4.69) is 10.6 Å². The molecule has 0 saturated carbocycles. The van der Waals surface area contributed by atoms with E-state index >= 15 is 0 Å². The Bertz CT molecular complexity index is 1110. The third-order valence-corrected chi connectivity index (χ3v) is 7.36. The van der Waals surface area contributed by atoms with Crippen molar-refractivity contribution in [1.29, 1.82) is 0 Å². The number of hydrogen-bond acceptors (Lipinski definition) is 6. The van der Waals surface area contributed by atoms with Crippen LogP contribution in [0.15, 0.2) is 18.2 Å². The average Bonchev–Trinajstić information content (AvgIpc) is 3.16. The number of nitrogens with one attached hydrogen (secondary N) is 2. The first-order valence-corrected chi connectivity index (χ1v) is 11.9. The van der Waals surface area contributed by atoms with Crippen LogP contribution in [0.25, 0.3) is 0 Å². The molecule has 1 aliphatic carbocycles. The number of fused-ring (bicyclic) bond motifs is 2. The van der Waals surface area contributed by atoms with Crippen LogP contribution in [0.2, 0.25) is 0 Å². The maximum atomic E-state index is 13.4. The Kier molecular flexibility index (Phi) is 6.45. The summed E-state index contributed by atoms with van der Waals surface area (Å²) in [6.07, 6.45) is 3.70. The van der Waals surface area contributed by atoms with Gasteiger partial charge in [-0.2, -0.15) is 0 Å². The molecule has 2 aromatic rings. The van der Waals surface area contributed by atoms with Crippen LogP contribution in [-0.4, -0.2) is 50.6 Å². The van der Waals surface area contributed by atoms with Gasteiger partial charge in [-0.05, 0) is 62.8 Å². The zero-order chi connectivity index (χ0) is 23.8. The fraction of sp³-hybridized carbons (Fsp3) is 0.458. The summed E-state index contributed by atoms with van der Waals surface area (Å²) in [4.78, 5) is 42.2. The molecule has 0 fully saturated rings. The maximum Gasteiger partial charge on any atom is 0.280 e. The number of carbonyl (C=O) groups excluding carboxylic acids is 3. The zero-order valence-electron chi connectivity index (χ0n) is 19.4. The average molecular weight is 472 g/mol. The Balaban J connectivity index is 1.64. The van der Waals surface area contributed by atoms with E-state index in [1.807, 2.05) is 19.1 Å². The fourth-order valence-corrected chi connectivity index (χ4v) is 5.57. The highest BCUT2D eigenvalue weighted by molar-refractivity contribution is 7.17. The van der Waals surface area contributed by atoms with Crippen molar-refractivity contribution in [3.63, 3.8) is 0 Å². The Labute approximate surface area is 197 Å². The number of thiophene rings is 1. The van der Waals surface area contributed by atoms with Crippen molar-refractivity contribution < 1.29 is 23.9 Å². The summed E-state index contributed by atoms with van der Waals surface area (Å²) in [5, 5.41) is 6.17. The van der Waals surface area contributed by atoms with Gasteiger partial charge in [0.2, 0.25) is 0 Å². The highest BCUT2D eigenvalue weighted by Gasteiger charge is 2.50. The number of anilines is 2. The lowest BCUT2D eigenvalue weighted by Crippen LogP contribution is -2.59. The number of hydrogen-bond donors (Lipinski definition) is 2. The van der Waals surface area contributed by atoms with Gasteiger partial charge in [0, 0.05) is 25.6 Å². The first-order chi connectivity index (χ1) is 15.8. The van der Waals surface area contributed by atoms with E-state index in [1.165, 1.54) is 23.2 Å². The Morgan fingerprint density at radius 3 is 2.79 bits per heavy atom. The number of benzene rings is 1. The highest BCUT2D eigenvalue weighted by atomic mass is 32.1. The van der Waals surface area contributed by atoms with Crippen LogP contribution >= 0.6 is 11.3 Å². The van der Waals surface area contributed by atoms with Gasteiger partial charge in [-0.25, -0.2) is 0 Å². The molecule has 0 radical (unpaired) electrons. The van der Waals surface area contributed by atoms with Crippen molar-refractivity contribution in [2.75, 3.05) is 37.5 Å². The zero-order valence-corrected chi connectivity index (χ0v) is 20.2. The second-order valence-electron chi connectivity index (χ2n) is 8.59. The number of likely N-dealkylation sites (N-methyl/N-ethyl adjacent to an activating group) is 1. The van der Waals surface area contributed by atoms with Crippen molar-refractivity contribution >= 4 is 39.7 Å². The Morgan fingerprint density at radius 2 is 2.03 bits per heavy atom. The van der Waals surface area contributed by atoms with Gasteiger partial charge in [0.15, 0.2) is 0 Å². The van der Waals surface area contributed by atoms with Crippen LogP contribution in [-0.2, 0) is 27.2 Å². The fourth-order valence-electron chi connectivity index (χ4n) is 4.28. The summed E-state index contributed by atoms with van der Waals surface area (Å²) >= 11 is 1.41. The van der Waals surface area contributed by atoms with Gasteiger partial charge in [0.1, 0.15) is 10.8 Å². The molecule has 2 aliphatic rings. The van der Waals surface area contributed by atoms with Crippen LogP contribution in [0.4, 0.5) is 10.7 Å². The Morgan fingerprint density at radius 1 is 1.27 bits per heavy atom. The monoisotopic (exact) mass is 471 g/mol. The molecule has 0 saturated heterocycles. The molecule has 2 N–H and O–H groups in total. The van der Waals surface area contributed by atoms with Gasteiger partial charge in [-0.15, -0.1) is 11.3 Å². The van der Waals surface area contributed by atoms with Crippen LogP contribution in [0.1, 0.15) is 46.1 Å². The van der Waals surface area contributed by atoms with Crippen LogP contribution in [0.3, 0.4) is 0 Å². The minimum absolute atomic E-state index is 0.249. The molecular formula is C24H29N3O5S. The smallest absolute Gasteiger partial charge is 0.280 e. The normalized spacial score (nSPS) is 19.4. The molecule has 1 aliphatic heterocycles. The van der Waals surface area contributed by atoms with E-state index in [-0.39, 0.29) is 5.91 Å². The van der Waals surface area contributed by atoms with Crippen molar-refractivity contribution in [2.24, 2.45) is 0 Å². The number of ether oxygens (including phenoxy) is 2. The molecule has 33 heavy (non-hydrogen) atoms. The van der Waals surface area contributed by atoms with Crippen LogP contribution in [0.5, 0.6) is 5.75 Å². The highest BCUT2D eigenvalue weighted by Crippen LogP contribution is 2.41. The lowest BCUT2D eigenvalue weighted by molar-refractivity contribution is -0.144. The minimum atomic E-state index is -1.76. The van der Waals surface area contributed by atoms with Crippen molar-refractivity contribution in [3.05, 3.63) is 39.8 Å². The van der Waals surface area contributed by atoms with E-state index in [9.17, 15) is 14.4 Å². The molecule has 3 amide bonds. The minimum Gasteiger partial charge on any atom is -0.465 e. The van der Waals surface area contributed by atoms with Gasteiger partial charge < -0.3 is 25.0 Å². The molecule has 2 heterocycles. The van der Waals surface area contributed by atoms with E-state index in [0.717, 1.165) is 41.7 Å². The van der Waals surface area contributed by atoms with Crippen molar-refractivity contribution in [2.45, 2.75) is 45.1 Å². The molecule has 176 valence electrons. The number of nitrogens with zero attached hydrogens (tertiary/aromatic N) is 1. The third-order valence-electron chi connectivity index (χ3n) is 6.15. The van der Waals surface area contributed by atoms with E-state index < -0.39 is 17.4 Å². The predicted octanol–water partition coefficient (Wildman–Crippen LogP) is 3.06. The molecule has 0 spiro atoms. The number of amides is 3. The molecule has 8 nitrogen and oxygen atoms in total. The SMILES string of the molecule is COCCNC(=O)c1c(NC(=O)C2(C)Oc3ccc(C)cc3N(C)C2=O)sc2c1CCCC2. The lowest BCUT2D eigenvalue weighted by Gasteiger charge is -2.38. The van der Waals surface area contributed by atoms with E-state index in [1.54, 1.807) is 20.2 Å². The largest absolute Gasteiger partial charge is 0.465 e. The van der Waals surface area contributed by atoms with E-state index in [0.29, 0.717) is 35.2 Å². The van der Waals surface area contributed by atoms with Gasteiger partial charge in [-0.1, -0.05) is 6.07 Å². The number of rotatable bonds is 6. The molecular weight excluding hydrogens is 442 g/mol.